The van der Waals surface area contributed by atoms with Crippen molar-refractivity contribution in [3.63, 3.8) is 0 Å². The maximum Gasteiger partial charge on any atom is 0.337 e. The Morgan fingerprint density at radius 1 is 1.37 bits per heavy atom. The zero-order chi connectivity index (χ0) is 19.6. The normalized spacial score (nSPS) is 18.3. The molecule has 5 nitrogen and oxygen atoms in total. The minimum absolute atomic E-state index is 0.116. The third kappa shape index (κ3) is 6.51. The van der Waals surface area contributed by atoms with E-state index in [4.69, 9.17) is 4.74 Å². The SMILES string of the molecule is CCCCC(O)CC=C[C@H]1CCC(=O)N1CCc1ccc(C(=O)OC)cc1. The van der Waals surface area contributed by atoms with Gasteiger partial charge in [0.05, 0.1) is 24.8 Å². The molecule has 1 heterocycles. The number of likely N-dealkylation sites (tertiary alicyclic amines) is 1. The van der Waals surface area contributed by atoms with Crippen LogP contribution in [-0.2, 0) is 16.0 Å². The molecule has 2 rings (SSSR count). The van der Waals surface area contributed by atoms with Crippen LogP contribution in [0, 0.1) is 0 Å². The van der Waals surface area contributed by atoms with E-state index in [1.54, 1.807) is 12.1 Å². The molecule has 2 atom stereocenters. The number of benzene rings is 1. The maximum atomic E-state index is 12.2. The molecule has 1 unspecified atom stereocenters. The molecular formula is C22H31NO4. The van der Waals surface area contributed by atoms with Crippen LogP contribution in [0.15, 0.2) is 36.4 Å². The Morgan fingerprint density at radius 2 is 2.11 bits per heavy atom. The number of hydrogen-bond donors (Lipinski definition) is 1. The number of unbranched alkanes of at least 4 members (excludes halogenated alkanes) is 1. The van der Waals surface area contributed by atoms with Gasteiger partial charge in [0, 0.05) is 13.0 Å². The first kappa shape index (κ1) is 21.2. The lowest BCUT2D eigenvalue weighted by atomic mass is 10.1. The number of amides is 1. The van der Waals surface area contributed by atoms with E-state index >= 15 is 0 Å². The van der Waals surface area contributed by atoms with E-state index in [1.165, 1.54) is 7.11 Å². The van der Waals surface area contributed by atoms with Crippen LogP contribution < -0.4 is 0 Å². The van der Waals surface area contributed by atoms with Gasteiger partial charge in [-0.25, -0.2) is 4.79 Å². The summed E-state index contributed by atoms with van der Waals surface area (Å²) in [7, 11) is 1.37. The van der Waals surface area contributed by atoms with Gasteiger partial charge >= 0.3 is 5.97 Å². The summed E-state index contributed by atoms with van der Waals surface area (Å²) in [4.78, 5) is 25.6. The summed E-state index contributed by atoms with van der Waals surface area (Å²) in [6.07, 6.45) is 9.56. The molecule has 148 valence electrons. The molecule has 1 amide bonds. The molecule has 0 aliphatic carbocycles. The van der Waals surface area contributed by atoms with Crippen molar-refractivity contribution in [3.05, 3.63) is 47.5 Å². The van der Waals surface area contributed by atoms with Crippen molar-refractivity contribution in [2.24, 2.45) is 0 Å². The summed E-state index contributed by atoms with van der Waals surface area (Å²) in [5.74, 6) is -0.162. The smallest absolute Gasteiger partial charge is 0.337 e. The third-order valence-corrected chi connectivity index (χ3v) is 5.05. The summed E-state index contributed by atoms with van der Waals surface area (Å²) in [6.45, 7) is 2.78. The highest BCUT2D eigenvalue weighted by molar-refractivity contribution is 5.89. The number of carbonyl (C=O) groups excluding carboxylic acids is 2. The van der Waals surface area contributed by atoms with Crippen molar-refractivity contribution in [3.8, 4) is 0 Å². The van der Waals surface area contributed by atoms with E-state index in [9.17, 15) is 14.7 Å². The topological polar surface area (TPSA) is 66.8 Å². The summed E-state index contributed by atoms with van der Waals surface area (Å²) in [5.41, 5.74) is 1.61. The van der Waals surface area contributed by atoms with Gasteiger partial charge in [-0.15, -0.1) is 0 Å². The molecule has 0 spiro atoms. The largest absolute Gasteiger partial charge is 0.465 e. The molecule has 1 N–H and O–H groups in total. The Bertz CT molecular complexity index is 638. The second-order valence-electron chi connectivity index (χ2n) is 7.09. The van der Waals surface area contributed by atoms with E-state index in [0.29, 0.717) is 24.9 Å². The van der Waals surface area contributed by atoms with Crippen LogP contribution in [0.5, 0.6) is 0 Å². The second-order valence-corrected chi connectivity index (χ2v) is 7.09. The van der Waals surface area contributed by atoms with Gasteiger partial charge < -0.3 is 14.7 Å². The van der Waals surface area contributed by atoms with Crippen LogP contribution in [0.1, 0.15) is 61.4 Å². The van der Waals surface area contributed by atoms with Crippen LogP contribution in [-0.4, -0.2) is 47.7 Å². The van der Waals surface area contributed by atoms with Crippen molar-refractivity contribution in [2.75, 3.05) is 13.7 Å². The highest BCUT2D eigenvalue weighted by Gasteiger charge is 2.28. The fourth-order valence-corrected chi connectivity index (χ4v) is 3.37. The average Bonchev–Trinajstić information content (AvgIpc) is 3.04. The summed E-state index contributed by atoms with van der Waals surface area (Å²) in [6, 6.07) is 7.43. The van der Waals surface area contributed by atoms with Crippen LogP contribution in [0.2, 0.25) is 0 Å². The van der Waals surface area contributed by atoms with Gasteiger partial charge in [-0.05, 0) is 43.4 Å². The molecule has 0 bridgehead atoms. The summed E-state index contributed by atoms with van der Waals surface area (Å²) < 4.78 is 4.70. The Balaban J connectivity index is 1.86. The molecule has 1 aliphatic rings. The molecular weight excluding hydrogens is 342 g/mol. The Kier molecular flexibility index (Phi) is 8.52. The van der Waals surface area contributed by atoms with Gasteiger partial charge in [0.25, 0.3) is 0 Å². The number of methoxy groups -OCH3 is 1. The molecule has 1 aliphatic heterocycles. The number of ether oxygens (including phenoxy) is 1. The van der Waals surface area contributed by atoms with Gasteiger partial charge in [0.15, 0.2) is 0 Å². The van der Waals surface area contributed by atoms with Crippen LogP contribution in [0.3, 0.4) is 0 Å². The zero-order valence-corrected chi connectivity index (χ0v) is 16.4. The molecule has 0 aromatic heterocycles. The number of carbonyl (C=O) groups is 2. The predicted octanol–water partition coefficient (Wildman–Crippen LogP) is 3.50. The number of aliphatic hydroxyl groups is 1. The molecule has 0 saturated carbocycles. The van der Waals surface area contributed by atoms with Crippen molar-refractivity contribution >= 4 is 11.9 Å². The summed E-state index contributed by atoms with van der Waals surface area (Å²) >= 11 is 0. The van der Waals surface area contributed by atoms with Crippen molar-refractivity contribution in [1.29, 1.82) is 0 Å². The lowest BCUT2D eigenvalue weighted by Crippen LogP contribution is -2.33. The van der Waals surface area contributed by atoms with Crippen LogP contribution in [0.25, 0.3) is 0 Å². The number of nitrogens with zero attached hydrogens (tertiary/aromatic N) is 1. The van der Waals surface area contributed by atoms with Gasteiger partial charge in [-0.3, -0.25) is 4.79 Å². The summed E-state index contributed by atoms with van der Waals surface area (Å²) in [5, 5.41) is 9.94. The lowest BCUT2D eigenvalue weighted by molar-refractivity contribution is -0.128. The van der Waals surface area contributed by atoms with Gasteiger partial charge in [0.1, 0.15) is 0 Å². The third-order valence-electron chi connectivity index (χ3n) is 5.05. The van der Waals surface area contributed by atoms with Crippen molar-refractivity contribution in [1.82, 2.24) is 4.90 Å². The monoisotopic (exact) mass is 373 g/mol. The zero-order valence-electron chi connectivity index (χ0n) is 16.4. The van der Waals surface area contributed by atoms with Crippen LogP contribution >= 0.6 is 0 Å². The van der Waals surface area contributed by atoms with Gasteiger partial charge in [-0.2, -0.15) is 0 Å². The molecule has 1 aromatic carbocycles. The molecule has 27 heavy (non-hydrogen) atoms. The minimum Gasteiger partial charge on any atom is -0.465 e. The molecule has 1 fully saturated rings. The fourth-order valence-electron chi connectivity index (χ4n) is 3.37. The Morgan fingerprint density at radius 3 is 2.78 bits per heavy atom. The van der Waals surface area contributed by atoms with E-state index in [2.05, 4.69) is 13.0 Å². The standard InChI is InChI=1S/C22H31NO4/c1-3-4-7-20(24)8-5-6-19-13-14-21(25)23(19)16-15-17-9-11-18(12-10-17)22(26)27-2/h5-6,9-12,19-20,24H,3-4,7-8,13-16H2,1-2H3/t19-,20?/m0/s1. The van der Waals surface area contributed by atoms with E-state index < -0.39 is 0 Å². The van der Waals surface area contributed by atoms with Crippen molar-refractivity contribution in [2.45, 2.75) is 64.0 Å². The first-order valence-corrected chi connectivity index (χ1v) is 9.86. The highest BCUT2D eigenvalue weighted by atomic mass is 16.5. The number of rotatable bonds is 10. The first-order valence-electron chi connectivity index (χ1n) is 9.86. The molecule has 5 heteroatoms. The quantitative estimate of drug-likeness (QED) is 0.503. The van der Waals surface area contributed by atoms with Gasteiger partial charge in [0.2, 0.25) is 5.91 Å². The van der Waals surface area contributed by atoms with E-state index in [0.717, 1.165) is 37.7 Å². The Hall–Kier alpha value is -2.14. The number of aliphatic hydroxyl groups excluding tert-OH is 1. The molecule has 1 saturated heterocycles. The fraction of sp³-hybridized carbons (Fsp3) is 0.545. The van der Waals surface area contributed by atoms with Crippen LogP contribution in [0.4, 0.5) is 0 Å². The highest BCUT2D eigenvalue weighted by Crippen LogP contribution is 2.21. The lowest BCUT2D eigenvalue weighted by Gasteiger charge is -2.22. The predicted molar refractivity (Wildman–Crippen MR) is 106 cm³/mol. The second kappa shape index (κ2) is 10.9. The van der Waals surface area contributed by atoms with Gasteiger partial charge in [-0.1, -0.05) is 44.1 Å². The first-order chi connectivity index (χ1) is 13.0. The molecule has 1 aromatic rings. The van der Waals surface area contributed by atoms with E-state index in [-0.39, 0.29) is 24.0 Å². The number of esters is 1. The Labute approximate surface area is 162 Å². The average molecular weight is 373 g/mol. The van der Waals surface area contributed by atoms with E-state index in [1.807, 2.05) is 23.1 Å². The minimum atomic E-state index is -0.345. The maximum absolute atomic E-state index is 12.2. The number of hydrogen-bond acceptors (Lipinski definition) is 4. The van der Waals surface area contributed by atoms with Crippen molar-refractivity contribution < 1.29 is 19.4 Å². The molecule has 0 radical (unpaired) electrons.